The lowest BCUT2D eigenvalue weighted by Gasteiger charge is -2.31. The Morgan fingerprint density at radius 1 is 1.07 bits per heavy atom. The van der Waals surface area contributed by atoms with Crippen molar-refractivity contribution in [2.24, 2.45) is 0 Å². The van der Waals surface area contributed by atoms with Gasteiger partial charge in [0.2, 0.25) is 15.9 Å². The van der Waals surface area contributed by atoms with Gasteiger partial charge >= 0.3 is 0 Å². The van der Waals surface area contributed by atoms with Gasteiger partial charge in [-0.15, -0.1) is 12.4 Å². The number of piperazine rings is 1. The van der Waals surface area contributed by atoms with Crippen molar-refractivity contribution in [2.45, 2.75) is 17.4 Å². The Balaban J connectivity index is 0.00000280. The van der Waals surface area contributed by atoms with Gasteiger partial charge in [-0.25, -0.2) is 12.8 Å². The van der Waals surface area contributed by atoms with Crippen LogP contribution >= 0.6 is 12.4 Å². The van der Waals surface area contributed by atoms with E-state index in [0.29, 0.717) is 26.2 Å². The molecule has 0 radical (unpaired) electrons. The van der Waals surface area contributed by atoms with Gasteiger partial charge in [0.15, 0.2) is 0 Å². The number of benzene rings is 2. The van der Waals surface area contributed by atoms with E-state index < -0.39 is 26.8 Å². The Hall–Kier alpha value is -2.00. The summed E-state index contributed by atoms with van der Waals surface area (Å²) >= 11 is 0. The average molecular weight is 428 g/mol. The molecule has 1 unspecified atom stereocenters. The molecule has 0 aromatic heterocycles. The van der Waals surface area contributed by atoms with E-state index in [4.69, 9.17) is 0 Å². The van der Waals surface area contributed by atoms with Crippen LogP contribution in [0.5, 0.6) is 0 Å². The van der Waals surface area contributed by atoms with E-state index in [-0.39, 0.29) is 24.7 Å². The Kier molecular flexibility index (Phi) is 7.94. The standard InChI is InChI=1S/C19H22FN3O3S.ClH/c20-16-8-4-5-9-18(16)27(25,26)22-17(14-15-6-2-1-3-7-15)19(24)23-12-10-21-11-13-23;/h1-9,17,21-22H,10-14H2;1H. The molecular formula is C19H23ClFN3O3S. The summed E-state index contributed by atoms with van der Waals surface area (Å²) in [5.41, 5.74) is 0.821. The number of hydrogen-bond acceptors (Lipinski definition) is 4. The first-order valence-electron chi connectivity index (χ1n) is 8.78. The second kappa shape index (κ2) is 9.97. The molecule has 9 heteroatoms. The molecule has 1 atom stereocenters. The largest absolute Gasteiger partial charge is 0.339 e. The maximum atomic E-state index is 14.0. The molecule has 3 rings (SSSR count). The Labute approximate surface area is 170 Å². The van der Waals surface area contributed by atoms with Crippen LogP contribution in [0.1, 0.15) is 5.56 Å². The van der Waals surface area contributed by atoms with Gasteiger partial charge in [0.05, 0.1) is 0 Å². The molecule has 0 saturated carbocycles. The SMILES string of the molecule is Cl.O=C(C(Cc1ccccc1)NS(=O)(=O)c1ccccc1F)N1CCNCC1. The number of rotatable bonds is 6. The van der Waals surface area contributed by atoms with Gasteiger partial charge in [-0.2, -0.15) is 4.72 Å². The number of hydrogen-bond donors (Lipinski definition) is 2. The molecule has 2 N–H and O–H groups in total. The van der Waals surface area contributed by atoms with Gasteiger partial charge in [-0.05, 0) is 24.1 Å². The lowest BCUT2D eigenvalue weighted by atomic mass is 10.1. The first-order valence-corrected chi connectivity index (χ1v) is 10.3. The maximum absolute atomic E-state index is 14.0. The number of halogens is 2. The summed E-state index contributed by atoms with van der Waals surface area (Å²) in [5.74, 6) is -1.15. The number of carbonyl (C=O) groups excluding carboxylic acids is 1. The van der Waals surface area contributed by atoms with E-state index in [2.05, 4.69) is 10.0 Å². The summed E-state index contributed by atoms with van der Waals surface area (Å²) in [6.45, 7) is 2.32. The first-order chi connectivity index (χ1) is 13.0. The van der Waals surface area contributed by atoms with Gasteiger partial charge in [-0.3, -0.25) is 4.79 Å². The fraction of sp³-hybridized carbons (Fsp3) is 0.316. The molecule has 2 aromatic rings. The smallest absolute Gasteiger partial charge is 0.244 e. The number of carbonyl (C=O) groups is 1. The van der Waals surface area contributed by atoms with Gasteiger partial charge in [0, 0.05) is 26.2 Å². The van der Waals surface area contributed by atoms with Crippen LogP contribution in [0.3, 0.4) is 0 Å². The number of nitrogens with zero attached hydrogens (tertiary/aromatic N) is 1. The molecule has 1 fully saturated rings. The second-order valence-corrected chi connectivity index (χ2v) is 8.05. The van der Waals surface area contributed by atoms with E-state index in [0.717, 1.165) is 11.6 Å². The number of nitrogens with one attached hydrogen (secondary N) is 2. The third-order valence-corrected chi connectivity index (χ3v) is 5.94. The van der Waals surface area contributed by atoms with Crippen LogP contribution in [-0.4, -0.2) is 51.4 Å². The van der Waals surface area contributed by atoms with Crippen molar-refractivity contribution in [1.82, 2.24) is 14.9 Å². The van der Waals surface area contributed by atoms with Crippen molar-refractivity contribution >= 4 is 28.3 Å². The zero-order valence-corrected chi connectivity index (χ0v) is 16.8. The van der Waals surface area contributed by atoms with Crippen molar-refractivity contribution in [2.75, 3.05) is 26.2 Å². The minimum atomic E-state index is -4.18. The Morgan fingerprint density at radius 2 is 1.68 bits per heavy atom. The highest BCUT2D eigenvalue weighted by atomic mass is 35.5. The van der Waals surface area contributed by atoms with E-state index in [1.807, 2.05) is 30.3 Å². The first kappa shape index (κ1) is 22.3. The summed E-state index contributed by atoms with van der Waals surface area (Å²) in [6.07, 6.45) is 0.192. The lowest BCUT2D eigenvalue weighted by molar-refractivity contribution is -0.133. The monoisotopic (exact) mass is 427 g/mol. The third-order valence-electron chi connectivity index (χ3n) is 4.43. The summed E-state index contributed by atoms with van der Waals surface area (Å²) in [5, 5.41) is 3.16. The third kappa shape index (κ3) is 5.51. The molecule has 1 saturated heterocycles. The van der Waals surface area contributed by atoms with E-state index in [9.17, 15) is 17.6 Å². The normalized spacial score (nSPS) is 15.5. The molecule has 1 aliphatic rings. The topological polar surface area (TPSA) is 78.5 Å². The van der Waals surface area contributed by atoms with Crippen molar-refractivity contribution < 1.29 is 17.6 Å². The van der Waals surface area contributed by atoms with Crippen molar-refractivity contribution in [3.63, 3.8) is 0 Å². The molecule has 0 aliphatic carbocycles. The average Bonchev–Trinajstić information content (AvgIpc) is 2.68. The summed E-state index contributed by atoms with van der Waals surface area (Å²) in [4.78, 5) is 14.1. The van der Waals surface area contributed by atoms with Gasteiger partial charge in [0.25, 0.3) is 0 Å². The maximum Gasteiger partial charge on any atom is 0.244 e. The highest BCUT2D eigenvalue weighted by molar-refractivity contribution is 7.89. The van der Waals surface area contributed by atoms with Crippen LogP contribution in [0.4, 0.5) is 4.39 Å². The Morgan fingerprint density at radius 3 is 2.32 bits per heavy atom. The lowest BCUT2D eigenvalue weighted by Crippen LogP contribution is -2.54. The molecule has 1 amide bonds. The van der Waals surface area contributed by atoms with Crippen molar-refractivity contribution in [3.05, 3.63) is 66.0 Å². The number of amides is 1. The quantitative estimate of drug-likeness (QED) is 0.733. The van der Waals surface area contributed by atoms with Crippen molar-refractivity contribution in [3.8, 4) is 0 Å². The van der Waals surface area contributed by atoms with Gasteiger partial charge in [-0.1, -0.05) is 42.5 Å². The molecule has 152 valence electrons. The van der Waals surface area contributed by atoms with Crippen LogP contribution in [0, 0.1) is 5.82 Å². The van der Waals surface area contributed by atoms with E-state index in [1.165, 1.54) is 18.2 Å². The molecule has 0 bridgehead atoms. The fourth-order valence-corrected chi connectivity index (χ4v) is 4.32. The highest BCUT2D eigenvalue weighted by Crippen LogP contribution is 2.16. The van der Waals surface area contributed by atoms with Crippen molar-refractivity contribution in [1.29, 1.82) is 0 Å². The van der Waals surface area contributed by atoms with Gasteiger partial charge in [0.1, 0.15) is 16.8 Å². The van der Waals surface area contributed by atoms with E-state index >= 15 is 0 Å². The van der Waals surface area contributed by atoms with Crippen LogP contribution in [0.15, 0.2) is 59.5 Å². The van der Waals surface area contributed by atoms with E-state index in [1.54, 1.807) is 4.90 Å². The summed E-state index contributed by atoms with van der Waals surface area (Å²) < 4.78 is 41.8. The molecule has 0 spiro atoms. The summed E-state index contributed by atoms with van der Waals surface area (Å²) in [7, 11) is -4.18. The van der Waals surface area contributed by atoms with Gasteiger partial charge < -0.3 is 10.2 Å². The molecule has 6 nitrogen and oxygen atoms in total. The Bertz CT molecular complexity index is 890. The minimum Gasteiger partial charge on any atom is -0.339 e. The van der Waals surface area contributed by atoms with Crippen LogP contribution in [0.2, 0.25) is 0 Å². The fourth-order valence-electron chi connectivity index (χ4n) is 3.05. The molecule has 28 heavy (non-hydrogen) atoms. The predicted molar refractivity (Wildman–Crippen MR) is 107 cm³/mol. The van der Waals surface area contributed by atoms with Crippen LogP contribution in [-0.2, 0) is 21.2 Å². The molecule has 1 heterocycles. The number of sulfonamides is 1. The van der Waals surface area contributed by atoms with Crippen LogP contribution in [0.25, 0.3) is 0 Å². The second-order valence-electron chi connectivity index (χ2n) is 6.37. The molecule has 1 aliphatic heterocycles. The zero-order chi connectivity index (χ0) is 19.3. The molecular weight excluding hydrogens is 405 g/mol. The zero-order valence-electron chi connectivity index (χ0n) is 15.2. The highest BCUT2D eigenvalue weighted by Gasteiger charge is 2.31. The predicted octanol–water partition coefficient (Wildman–Crippen LogP) is 1.57. The summed E-state index contributed by atoms with van der Waals surface area (Å²) in [6, 6.07) is 13.3. The minimum absolute atomic E-state index is 0. The molecule has 2 aromatic carbocycles. The van der Waals surface area contributed by atoms with Crippen LogP contribution < -0.4 is 10.0 Å².